The summed E-state index contributed by atoms with van der Waals surface area (Å²) in [5.74, 6) is 0.0117. The van der Waals surface area contributed by atoms with Crippen LogP contribution in [0, 0.1) is 0 Å². The lowest BCUT2D eigenvalue weighted by Gasteiger charge is -2.41. The van der Waals surface area contributed by atoms with E-state index < -0.39 is 0 Å². The van der Waals surface area contributed by atoms with Crippen molar-refractivity contribution in [1.82, 2.24) is 25.4 Å². The van der Waals surface area contributed by atoms with Gasteiger partial charge < -0.3 is 20.4 Å². The maximum absolute atomic E-state index is 13.7. The molecule has 1 amide bonds. The van der Waals surface area contributed by atoms with Gasteiger partial charge in [-0.2, -0.15) is 0 Å². The van der Waals surface area contributed by atoms with Crippen LogP contribution in [0.1, 0.15) is 27.8 Å². The number of halogens is 1. The number of fused-ring (bicyclic) bond motifs is 1. The predicted octanol–water partition coefficient (Wildman–Crippen LogP) is 5.44. The molecule has 0 spiro atoms. The van der Waals surface area contributed by atoms with Gasteiger partial charge in [-0.15, -0.1) is 0 Å². The summed E-state index contributed by atoms with van der Waals surface area (Å²) in [5.41, 5.74) is 8.35. The molecule has 0 unspecified atom stereocenters. The van der Waals surface area contributed by atoms with Crippen molar-refractivity contribution in [1.29, 1.82) is 0 Å². The molecule has 238 valence electrons. The lowest BCUT2D eigenvalue weighted by molar-refractivity contribution is -0.123. The Balaban J connectivity index is 1.11. The highest BCUT2D eigenvalue weighted by molar-refractivity contribution is 6.30. The van der Waals surface area contributed by atoms with E-state index in [1.54, 1.807) is 0 Å². The summed E-state index contributed by atoms with van der Waals surface area (Å²) in [6.07, 6.45) is 5.07. The van der Waals surface area contributed by atoms with E-state index in [1.165, 1.54) is 27.9 Å². The van der Waals surface area contributed by atoms with Crippen LogP contribution in [0.5, 0.6) is 0 Å². The highest BCUT2D eigenvalue weighted by Crippen LogP contribution is 2.26. The molecule has 0 bridgehead atoms. The number of rotatable bonds is 11. The van der Waals surface area contributed by atoms with Crippen LogP contribution < -0.4 is 15.5 Å². The number of hydrogen-bond acceptors (Lipinski definition) is 6. The largest absolute Gasteiger partial charge is 0.370 e. The number of nitrogens with one attached hydrogen (secondary N) is 2. The first kappa shape index (κ1) is 31.8. The fourth-order valence-corrected chi connectivity index (χ4v) is 6.70. The van der Waals surface area contributed by atoms with Gasteiger partial charge in [0.15, 0.2) is 0 Å². The highest BCUT2D eigenvalue weighted by atomic mass is 35.5. The van der Waals surface area contributed by atoms with Gasteiger partial charge in [-0.3, -0.25) is 14.7 Å². The zero-order chi connectivity index (χ0) is 31.9. The Morgan fingerprint density at radius 2 is 1.70 bits per heavy atom. The first-order chi connectivity index (χ1) is 22.4. The number of benzene rings is 3. The molecule has 3 aromatic carbocycles. The highest BCUT2D eigenvalue weighted by Gasteiger charge is 2.29. The SMILES string of the molecule is C=C([C@@H](Cc1ccc(Cl)cc1)NC(=O)[C@H]1Cc2ccccc2CN1)N1CCN(c2ccccc2CN(C)Cc2cccnc2)CC1. The maximum atomic E-state index is 13.7. The summed E-state index contributed by atoms with van der Waals surface area (Å²) < 4.78 is 0. The van der Waals surface area contributed by atoms with Crippen LogP contribution >= 0.6 is 11.6 Å². The second kappa shape index (κ2) is 14.9. The Bertz CT molecular complexity index is 1620. The first-order valence-electron chi connectivity index (χ1n) is 16.1. The Morgan fingerprint density at radius 3 is 2.46 bits per heavy atom. The molecule has 1 fully saturated rings. The summed E-state index contributed by atoms with van der Waals surface area (Å²) in [5, 5.41) is 7.51. The van der Waals surface area contributed by atoms with Gasteiger partial charge >= 0.3 is 0 Å². The van der Waals surface area contributed by atoms with E-state index >= 15 is 0 Å². The molecule has 1 aromatic heterocycles. The molecule has 3 heterocycles. The minimum absolute atomic E-state index is 0.0117. The molecule has 0 saturated carbocycles. The first-order valence-corrected chi connectivity index (χ1v) is 16.5. The van der Waals surface area contributed by atoms with Gasteiger partial charge in [0, 0.05) is 74.6 Å². The molecule has 2 aliphatic heterocycles. The third-order valence-electron chi connectivity index (χ3n) is 9.10. The summed E-state index contributed by atoms with van der Waals surface area (Å²) >= 11 is 6.19. The van der Waals surface area contributed by atoms with Gasteiger partial charge in [-0.25, -0.2) is 0 Å². The predicted molar refractivity (Wildman–Crippen MR) is 187 cm³/mol. The lowest BCUT2D eigenvalue weighted by Crippen LogP contribution is -2.54. The molecule has 4 aromatic rings. The van der Waals surface area contributed by atoms with Crippen LogP contribution in [0.3, 0.4) is 0 Å². The van der Waals surface area contributed by atoms with E-state index in [4.69, 9.17) is 11.6 Å². The Hall–Kier alpha value is -4.17. The van der Waals surface area contributed by atoms with Crippen molar-refractivity contribution in [3.63, 3.8) is 0 Å². The van der Waals surface area contributed by atoms with Crippen LogP contribution in [-0.2, 0) is 37.3 Å². The number of aromatic nitrogens is 1. The molecular weight excluding hydrogens is 592 g/mol. The number of nitrogens with zero attached hydrogens (tertiary/aromatic N) is 4. The van der Waals surface area contributed by atoms with Crippen LogP contribution in [-0.4, -0.2) is 66.0 Å². The van der Waals surface area contributed by atoms with E-state index in [9.17, 15) is 4.79 Å². The number of piperazine rings is 1. The van der Waals surface area contributed by atoms with Crippen molar-refractivity contribution in [3.05, 3.63) is 142 Å². The number of anilines is 1. The number of pyridine rings is 1. The van der Waals surface area contributed by atoms with Gasteiger partial charge in [-0.05, 0) is 72.0 Å². The average molecular weight is 635 g/mol. The number of para-hydroxylation sites is 1. The summed E-state index contributed by atoms with van der Waals surface area (Å²) in [7, 11) is 2.16. The fourth-order valence-electron chi connectivity index (χ4n) is 6.58. The van der Waals surface area contributed by atoms with E-state index in [2.05, 4.69) is 86.4 Å². The topological polar surface area (TPSA) is 63.7 Å². The molecule has 0 radical (unpaired) electrons. The molecule has 2 aliphatic rings. The Morgan fingerprint density at radius 1 is 0.957 bits per heavy atom. The van der Waals surface area contributed by atoms with Gasteiger partial charge in [0.2, 0.25) is 5.91 Å². The van der Waals surface area contributed by atoms with Gasteiger partial charge in [-0.1, -0.05) is 78.8 Å². The van der Waals surface area contributed by atoms with E-state index in [-0.39, 0.29) is 18.0 Å². The summed E-state index contributed by atoms with van der Waals surface area (Å²) in [6, 6.07) is 28.5. The lowest BCUT2D eigenvalue weighted by atomic mass is 9.95. The standard InChI is InChI=1S/C38H43ClN6O/c1-28(35(22-29-13-15-34(39)16-14-29)42-38(46)36-23-31-9-3-4-10-32(31)25-41-36)44-18-20-45(21-19-44)37-12-6-5-11-33(37)27-43(2)26-30-8-7-17-40-24-30/h3-17,24,35-36,41H,1,18-23,25-27H2,2H3,(H,42,46)/t35-,36-/m1/s1. The number of amides is 1. The van der Waals surface area contributed by atoms with Crippen LogP contribution in [0.2, 0.25) is 5.02 Å². The second-order valence-electron chi connectivity index (χ2n) is 12.4. The van der Waals surface area contributed by atoms with Crippen molar-refractivity contribution in [3.8, 4) is 0 Å². The third kappa shape index (κ3) is 7.97. The van der Waals surface area contributed by atoms with E-state index in [0.717, 1.165) is 50.5 Å². The summed E-state index contributed by atoms with van der Waals surface area (Å²) in [6.45, 7) is 10.4. The van der Waals surface area contributed by atoms with Crippen molar-refractivity contribution in [2.24, 2.45) is 0 Å². The smallest absolute Gasteiger partial charge is 0.238 e. The molecule has 1 saturated heterocycles. The van der Waals surface area contributed by atoms with Crippen molar-refractivity contribution in [2.75, 3.05) is 38.1 Å². The molecule has 7 nitrogen and oxygen atoms in total. The minimum Gasteiger partial charge on any atom is -0.370 e. The number of hydrogen-bond donors (Lipinski definition) is 2. The Kier molecular flexibility index (Phi) is 10.3. The molecule has 46 heavy (non-hydrogen) atoms. The average Bonchev–Trinajstić information content (AvgIpc) is 3.09. The van der Waals surface area contributed by atoms with Crippen LogP contribution in [0.4, 0.5) is 5.69 Å². The fraction of sp³-hybridized carbons (Fsp3) is 0.316. The van der Waals surface area contributed by atoms with Gasteiger partial charge in [0.25, 0.3) is 0 Å². The number of carbonyl (C=O) groups is 1. The number of carbonyl (C=O) groups excluding carboxylic acids is 1. The monoisotopic (exact) mass is 634 g/mol. The van der Waals surface area contributed by atoms with Crippen molar-refractivity contribution < 1.29 is 4.79 Å². The zero-order valence-corrected chi connectivity index (χ0v) is 27.3. The molecule has 2 atom stereocenters. The quantitative estimate of drug-likeness (QED) is 0.229. The molecule has 6 rings (SSSR count). The molecule has 2 N–H and O–H groups in total. The van der Waals surface area contributed by atoms with Gasteiger partial charge in [0.1, 0.15) is 0 Å². The zero-order valence-electron chi connectivity index (χ0n) is 26.5. The molecule has 8 heteroatoms. The van der Waals surface area contributed by atoms with Crippen LogP contribution in [0.25, 0.3) is 0 Å². The summed E-state index contributed by atoms with van der Waals surface area (Å²) in [4.78, 5) is 25.1. The third-order valence-corrected chi connectivity index (χ3v) is 9.36. The minimum atomic E-state index is -0.278. The maximum Gasteiger partial charge on any atom is 0.238 e. The van der Waals surface area contributed by atoms with E-state index in [1.807, 2.05) is 54.9 Å². The van der Waals surface area contributed by atoms with Gasteiger partial charge in [0.05, 0.1) is 12.1 Å². The normalized spacial score (nSPS) is 17.0. The van der Waals surface area contributed by atoms with Crippen molar-refractivity contribution in [2.45, 2.75) is 44.6 Å². The Labute approximate surface area is 277 Å². The molecular formula is C38H43ClN6O. The van der Waals surface area contributed by atoms with Crippen molar-refractivity contribution >= 4 is 23.2 Å². The second-order valence-corrected chi connectivity index (χ2v) is 12.9. The van der Waals surface area contributed by atoms with Crippen LogP contribution in [0.15, 0.2) is 110 Å². The molecule has 0 aliphatic carbocycles. The van der Waals surface area contributed by atoms with E-state index in [0.29, 0.717) is 24.4 Å².